The first-order valence-corrected chi connectivity index (χ1v) is 9.79. The number of aromatic nitrogens is 3. The van der Waals surface area contributed by atoms with Gasteiger partial charge in [-0.25, -0.2) is 9.37 Å². The number of hydrogen-bond donors (Lipinski definition) is 1. The number of carbonyl (C=O) groups excluding carboxylic acids is 1. The third-order valence-corrected chi connectivity index (χ3v) is 6.18. The number of likely N-dealkylation sites (tertiary alicyclic amines) is 1. The van der Waals surface area contributed by atoms with Gasteiger partial charge in [0, 0.05) is 19.5 Å². The van der Waals surface area contributed by atoms with Crippen LogP contribution in [-0.4, -0.2) is 55.1 Å². The summed E-state index contributed by atoms with van der Waals surface area (Å²) in [6.45, 7) is 3.29. The number of fused-ring (bicyclic) bond motifs is 1. The lowest BCUT2D eigenvalue weighted by atomic mass is 9.97. The molecule has 0 bridgehead atoms. The third kappa shape index (κ3) is 3.17. The van der Waals surface area contributed by atoms with Gasteiger partial charge in [-0.05, 0) is 30.5 Å². The molecule has 6 nitrogen and oxygen atoms in total. The second kappa shape index (κ2) is 7.09. The molecule has 3 heterocycles. The van der Waals surface area contributed by atoms with Gasteiger partial charge in [0.1, 0.15) is 11.1 Å². The molecular weight excluding hydrogens is 355 g/mol. The minimum absolute atomic E-state index is 0.113. The van der Waals surface area contributed by atoms with Crippen molar-refractivity contribution in [3.05, 3.63) is 41.5 Å². The Labute approximate surface area is 155 Å². The number of rotatable bonds is 4. The highest BCUT2D eigenvalue weighted by Crippen LogP contribution is 2.41. The van der Waals surface area contributed by atoms with Crippen LogP contribution in [0.2, 0.25) is 0 Å². The van der Waals surface area contributed by atoms with Crippen molar-refractivity contribution in [3.63, 3.8) is 0 Å². The molecule has 0 saturated carbocycles. The molecule has 0 spiro atoms. The van der Waals surface area contributed by atoms with Crippen LogP contribution in [0.1, 0.15) is 42.0 Å². The fourth-order valence-corrected chi connectivity index (χ4v) is 4.90. The average molecular weight is 376 g/mol. The molecular formula is C18H21FN4O2S. The molecule has 8 heteroatoms. The number of nitrogens with zero attached hydrogens (tertiary/aromatic N) is 4. The van der Waals surface area contributed by atoms with Crippen molar-refractivity contribution in [2.24, 2.45) is 0 Å². The summed E-state index contributed by atoms with van der Waals surface area (Å²) < 4.78 is 15.3. The van der Waals surface area contributed by atoms with E-state index in [4.69, 9.17) is 0 Å². The second-order valence-electron chi connectivity index (χ2n) is 6.72. The topological polar surface area (TPSA) is 71.2 Å². The molecule has 1 N–H and O–H groups in total. The van der Waals surface area contributed by atoms with E-state index in [1.54, 1.807) is 6.07 Å². The van der Waals surface area contributed by atoms with Crippen molar-refractivity contribution in [3.8, 4) is 0 Å². The van der Waals surface area contributed by atoms with Crippen LogP contribution in [0.3, 0.4) is 0 Å². The van der Waals surface area contributed by atoms with E-state index in [-0.39, 0.29) is 23.9 Å². The van der Waals surface area contributed by atoms with Gasteiger partial charge in [-0.15, -0.1) is 5.10 Å². The molecule has 138 valence electrons. The Morgan fingerprint density at radius 3 is 2.81 bits per heavy atom. The van der Waals surface area contributed by atoms with Gasteiger partial charge < -0.3 is 5.11 Å². The number of carbonyl (C=O) groups is 1. The molecule has 1 saturated heterocycles. The Kier molecular flexibility index (Phi) is 4.81. The fraction of sp³-hybridized carbons (Fsp3) is 0.500. The van der Waals surface area contributed by atoms with Gasteiger partial charge in [-0.3, -0.25) is 9.69 Å². The first kappa shape index (κ1) is 17.6. The molecule has 26 heavy (non-hydrogen) atoms. The summed E-state index contributed by atoms with van der Waals surface area (Å²) in [4.78, 5) is 19.6. The predicted octanol–water partition coefficient (Wildman–Crippen LogP) is 2.29. The Morgan fingerprint density at radius 1 is 1.38 bits per heavy atom. The van der Waals surface area contributed by atoms with Gasteiger partial charge >= 0.3 is 0 Å². The highest BCUT2D eigenvalue weighted by Gasteiger charge is 2.43. The van der Waals surface area contributed by atoms with Crippen molar-refractivity contribution in [2.75, 3.05) is 13.1 Å². The number of thioether (sulfide) groups is 1. The van der Waals surface area contributed by atoms with Crippen LogP contribution in [0, 0.1) is 5.82 Å². The molecule has 2 aromatic rings. The highest BCUT2D eigenvalue weighted by molar-refractivity contribution is 8.00. The van der Waals surface area contributed by atoms with E-state index in [2.05, 4.69) is 15.0 Å². The molecule has 1 aromatic carbocycles. The lowest BCUT2D eigenvalue weighted by Gasteiger charge is -2.38. The maximum atomic E-state index is 13.9. The predicted molar refractivity (Wildman–Crippen MR) is 95.6 cm³/mol. The summed E-state index contributed by atoms with van der Waals surface area (Å²) in [7, 11) is 0. The Balaban J connectivity index is 1.67. The number of aryl methyl sites for hydroxylation is 1. The van der Waals surface area contributed by atoms with Gasteiger partial charge in [0.25, 0.3) is 5.91 Å². The number of halogens is 1. The number of piperidine rings is 1. The molecule has 4 rings (SSSR count). The number of hydrogen-bond acceptors (Lipinski definition) is 6. The summed E-state index contributed by atoms with van der Waals surface area (Å²) in [6.07, 6.45) is 1.67. The summed E-state index contributed by atoms with van der Waals surface area (Å²) in [5, 5.41) is 14.3. The maximum Gasteiger partial charge on any atom is 0.264 e. The molecule has 0 amide bonds. The van der Waals surface area contributed by atoms with Crippen LogP contribution in [0.4, 0.5) is 4.39 Å². The monoisotopic (exact) mass is 376 g/mol. The first-order valence-electron chi connectivity index (χ1n) is 8.91. The average Bonchev–Trinajstić information content (AvgIpc) is 3.17. The van der Waals surface area contributed by atoms with Crippen molar-refractivity contribution in [1.82, 2.24) is 19.7 Å². The van der Waals surface area contributed by atoms with Gasteiger partial charge in [-0.1, -0.05) is 30.8 Å². The van der Waals surface area contributed by atoms with Crippen LogP contribution in [0.5, 0.6) is 0 Å². The van der Waals surface area contributed by atoms with Crippen LogP contribution in [0.25, 0.3) is 0 Å². The van der Waals surface area contributed by atoms with Crippen LogP contribution in [-0.2, 0) is 6.42 Å². The van der Waals surface area contributed by atoms with Gasteiger partial charge in [-0.2, -0.15) is 4.68 Å². The molecule has 2 unspecified atom stereocenters. The molecule has 2 atom stereocenters. The number of aliphatic hydroxyl groups excluding tert-OH is 1. The maximum absolute atomic E-state index is 13.9. The molecule has 1 fully saturated rings. The highest BCUT2D eigenvalue weighted by atomic mass is 32.2. The van der Waals surface area contributed by atoms with E-state index in [1.807, 2.05) is 13.0 Å². The van der Waals surface area contributed by atoms with Crippen molar-refractivity contribution < 1.29 is 14.3 Å². The normalized spacial score (nSPS) is 22.6. The zero-order valence-corrected chi connectivity index (χ0v) is 15.3. The number of aliphatic hydroxyl groups is 1. The molecule has 2 aliphatic rings. The largest absolute Gasteiger partial charge is 0.393 e. The first-order chi connectivity index (χ1) is 12.6. The zero-order chi connectivity index (χ0) is 18.3. The third-order valence-electron chi connectivity index (χ3n) is 4.99. The summed E-state index contributed by atoms with van der Waals surface area (Å²) >= 11 is 1.40. The second-order valence-corrected chi connectivity index (χ2v) is 7.83. The van der Waals surface area contributed by atoms with E-state index in [0.717, 1.165) is 5.56 Å². The molecule has 0 aliphatic carbocycles. The van der Waals surface area contributed by atoms with E-state index in [9.17, 15) is 14.3 Å². The molecule has 0 radical (unpaired) electrons. The Hall–Kier alpha value is -1.77. The fourth-order valence-electron chi connectivity index (χ4n) is 3.62. The van der Waals surface area contributed by atoms with E-state index in [1.165, 1.54) is 28.6 Å². The van der Waals surface area contributed by atoms with Gasteiger partial charge in [0.2, 0.25) is 0 Å². The van der Waals surface area contributed by atoms with Crippen LogP contribution >= 0.6 is 11.8 Å². The van der Waals surface area contributed by atoms with Crippen LogP contribution in [0.15, 0.2) is 29.4 Å². The minimum Gasteiger partial charge on any atom is -0.393 e. The summed E-state index contributed by atoms with van der Waals surface area (Å²) in [5.41, 5.74) is 0.772. The number of benzene rings is 1. The van der Waals surface area contributed by atoms with E-state index >= 15 is 0 Å². The lowest BCUT2D eigenvalue weighted by Crippen LogP contribution is -2.44. The van der Waals surface area contributed by atoms with E-state index in [0.29, 0.717) is 43.3 Å². The minimum atomic E-state index is -0.423. The summed E-state index contributed by atoms with van der Waals surface area (Å²) in [5.74, 6) is 0.226. The van der Waals surface area contributed by atoms with E-state index < -0.39 is 5.25 Å². The Bertz CT molecular complexity index is 819. The van der Waals surface area contributed by atoms with Crippen molar-refractivity contribution in [1.29, 1.82) is 0 Å². The Morgan fingerprint density at radius 2 is 2.15 bits per heavy atom. The van der Waals surface area contributed by atoms with Gasteiger partial charge in [0.15, 0.2) is 11.0 Å². The SMILES string of the molecule is CCc1nc2n(n1)C(=O)C(C(c1cccc(F)c1)N1CCC(O)CC1)S2. The molecule has 2 aliphatic heterocycles. The van der Waals surface area contributed by atoms with Crippen molar-refractivity contribution in [2.45, 2.75) is 48.7 Å². The van der Waals surface area contributed by atoms with Crippen LogP contribution < -0.4 is 0 Å². The zero-order valence-electron chi connectivity index (χ0n) is 14.5. The van der Waals surface area contributed by atoms with Gasteiger partial charge in [0.05, 0.1) is 12.1 Å². The lowest BCUT2D eigenvalue weighted by molar-refractivity contribution is 0.0551. The van der Waals surface area contributed by atoms with Crippen molar-refractivity contribution >= 4 is 17.7 Å². The standard InChI is InChI=1S/C18H21FN4O2S/c1-2-14-20-18-23(21-14)17(25)16(26-18)15(11-4-3-5-12(19)10-11)22-8-6-13(24)7-9-22/h3-5,10,13,15-16,24H,2,6-9H2,1H3. The smallest absolute Gasteiger partial charge is 0.264 e. The summed E-state index contributed by atoms with van der Waals surface area (Å²) in [6, 6.07) is 6.16. The quantitative estimate of drug-likeness (QED) is 0.883. The molecule has 1 aromatic heterocycles.